The van der Waals surface area contributed by atoms with Crippen molar-refractivity contribution in [2.75, 3.05) is 5.32 Å². The second kappa shape index (κ2) is 4.79. The number of pyridine rings is 1. The second-order valence-electron chi connectivity index (χ2n) is 3.82. The second-order valence-corrected chi connectivity index (χ2v) is 4.93. The predicted molar refractivity (Wildman–Crippen MR) is 71.4 cm³/mol. The van der Waals surface area contributed by atoms with Crippen LogP contribution in [-0.2, 0) is 0 Å². The Morgan fingerprint density at radius 3 is 2.84 bits per heavy atom. The van der Waals surface area contributed by atoms with Crippen LogP contribution in [0.3, 0.4) is 0 Å². The molecule has 0 fully saturated rings. The molecule has 0 bridgehead atoms. The van der Waals surface area contributed by atoms with Crippen LogP contribution in [0, 0.1) is 0 Å². The van der Waals surface area contributed by atoms with Gasteiger partial charge in [-0.3, -0.25) is 0 Å². The van der Waals surface area contributed by atoms with Gasteiger partial charge in [0.1, 0.15) is 0 Å². The number of aromatic amines is 1. The molecule has 0 atom stereocenters. The monoisotopic (exact) mass is 320 g/mol. The summed E-state index contributed by atoms with van der Waals surface area (Å²) in [6, 6.07) is 9.86. The van der Waals surface area contributed by atoms with Crippen LogP contribution >= 0.6 is 0 Å². The fourth-order valence-electron chi connectivity index (χ4n) is 1.68. The molecule has 1 aromatic carbocycles. The summed E-state index contributed by atoms with van der Waals surface area (Å²) in [5, 5.41) is 2.73. The number of carbonyl (C=O) groups is 1. The van der Waals surface area contributed by atoms with Crippen molar-refractivity contribution in [2.24, 2.45) is 7.92 Å². The van der Waals surface area contributed by atoms with E-state index in [2.05, 4.69) is 18.2 Å². The zero-order chi connectivity index (χ0) is 13.2. The first-order chi connectivity index (χ1) is 9.24. The van der Waals surface area contributed by atoms with E-state index in [9.17, 15) is 9.59 Å². The first-order valence-corrected chi connectivity index (χ1v) is 6.99. The van der Waals surface area contributed by atoms with Gasteiger partial charge in [0.2, 0.25) is 0 Å². The van der Waals surface area contributed by atoms with Crippen molar-refractivity contribution < 1.29 is 4.79 Å². The Bertz CT molecular complexity index is 790. The summed E-state index contributed by atoms with van der Waals surface area (Å²) in [5.74, 6) is -0.374. The molecule has 94 valence electrons. The average molecular weight is 319 g/mol. The molecule has 2 N–H and O–H groups in total. The van der Waals surface area contributed by atoms with Crippen LogP contribution in [-0.4, -0.2) is 25.5 Å². The minimum absolute atomic E-state index is 0.149. The fraction of sp³-hybridized carbons (Fsp3) is 0. The van der Waals surface area contributed by atoms with Gasteiger partial charge in [0, 0.05) is 0 Å². The van der Waals surface area contributed by atoms with Gasteiger partial charge < -0.3 is 0 Å². The Labute approximate surface area is 113 Å². The van der Waals surface area contributed by atoms with Crippen molar-refractivity contribution in [3.8, 4) is 0 Å². The van der Waals surface area contributed by atoms with Crippen molar-refractivity contribution in [1.29, 1.82) is 0 Å². The summed E-state index contributed by atoms with van der Waals surface area (Å²) in [6.45, 7) is 0. The van der Waals surface area contributed by atoms with Crippen LogP contribution in [0.1, 0.15) is 10.5 Å². The van der Waals surface area contributed by atoms with Crippen molar-refractivity contribution >= 4 is 37.5 Å². The van der Waals surface area contributed by atoms with E-state index in [0.717, 1.165) is 5.69 Å². The van der Waals surface area contributed by atoms with Gasteiger partial charge in [-0.15, -0.1) is 0 Å². The van der Waals surface area contributed by atoms with E-state index < -0.39 is 0 Å². The molecule has 3 rings (SSSR count). The molecule has 1 amide bonds. The van der Waals surface area contributed by atoms with E-state index >= 15 is 0 Å². The third kappa shape index (κ3) is 2.33. The number of H-pyrrole nitrogens is 1. The Balaban J connectivity index is 1.91. The van der Waals surface area contributed by atoms with Crippen LogP contribution in [0.15, 0.2) is 49.1 Å². The molecule has 6 nitrogen and oxygen atoms in total. The fourth-order valence-corrected chi connectivity index (χ4v) is 2.83. The number of hydrogen-bond donors (Lipinski definition) is 2. The summed E-state index contributed by atoms with van der Waals surface area (Å²) < 4.78 is 8.51. The average Bonchev–Trinajstić information content (AvgIpc) is 2.88. The maximum atomic E-state index is 12.0. The van der Waals surface area contributed by atoms with Crippen LogP contribution in [0.2, 0.25) is 0 Å². The van der Waals surface area contributed by atoms with E-state index in [-0.39, 0.29) is 31.7 Å². The number of hydrogen-bond acceptors (Lipinski definition) is 4. The van der Waals surface area contributed by atoms with Crippen LogP contribution < -0.4 is 10.9 Å². The topological polar surface area (TPSA) is 86.7 Å². The third-order valence-electron chi connectivity index (χ3n) is 2.55. The van der Waals surface area contributed by atoms with Crippen LogP contribution in [0.25, 0.3) is 0 Å². The molecule has 0 aliphatic carbocycles. The summed E-state index contributed by atoms with van der Waals surface area (Å²) in [7, 11) is 0. The Hall–Kier alpha value is -2.24. The number of anilines is 1. The van der Waals surface area contributed by atoms with Gasteiger partial charge in [-0.25, -0.2) is 0 Å². The number of nitrogens with zero attached hydrogens (tertiary/aromatic N) is 2. The first kappa shape index (κ1) is 11.8. The molecule has 1 aromatic heterocycles. The standard InChI is InChI=1S/C12H8N4O2Se/c17-10-6-2-5-9(13-10)12(18)14-7-3-1-4-8-11(7)16-19-15-8/h1-6H,(H,13,17)(H,14,18). The van der Waals surface area contributed by atoms with E-state index in [0.29, 0.717) is 11.4 Å². The first-order valence-electron chi connectivity index (χ1n) is 5.46. The minimum atomic E-state index is -0.374. The number of benzene rings is 1. The van der Waals surface area contributed by atoms with Gasteiger partial charge in [-0.05, 0) is 0 Å². The van der Waals surface area contributed by atoms with Gasteiger partial charge in [0.25, 0.3) is 0 Å². The summed E-state index contributed by atoms with van der Waals surface area (Å²) in [5.41, 5.74) is 2.00. The van der Waals surface area contributed by atoms with Gasteiger partial charge >= 0.3 is 113 Å². The van der Waals surface area contributed by atoms with Gasteiger partial charge in [-0.2, -0.15) is 0 Å². The SMILES string of the molecule is O=C(Nc1cccc2c1N=[Se]=N2)c1cccc(=O)[nH]1. The normalized spacial score (nSPS) is 11.8. The molecule has 0 radical (unpaired) electrons. The molecule has 0 spiro atoms. The van der Waals surface area contributed by atoms with Crippen LogP contribution in [0.5, 0.6) is 0 Å². The number of nitrogens with one attached hydrogen (secondary N) is 2. The predicted octanol–water partition coefficient (Wildman–Crippen LogP) is 1.98. The summed E-state index contributed by atoms with van der Waals surface area (Å²) in [4.78, 5) is 25.7. The quantitative estimate of drug-likeness (QED) is 0.708. The van der Waals surface area contributed by atoms with Crippen molar-refractivity contribution in [1.82, 2.24) is 4.98 Å². The molecule has 1 aliphatic rings. The molecule has 2 aromatic rings. The zero-order valence-corrected chi connectivity index (χ0v) is 11.3. The summed E-state index contributed by atoms with van der Waals surface area (Å²) in [6.07, 6.45) is 0. The van der Waals surface area contributed by atoms with Crippen molar-refractivity contribution in [3.05, 3.63) is 52.4 Å². The number of amides is 1. The number of carbonyl (C=O) groups excluding carboxylic acids is 1. The van der Waals surface area contributed by atoms with Gasteiger partial charge in [-0.1, -0.05) is 0 Å². The molecule has 0 unspecified atom stereocenters. The molecule has 0 saturated carbocycles. The van der Waals surface area contributed by atoms with Crippen molar-refractivity contribution in [2.45, 2.75) is 0 Å². The maximum absolute atomic E-state index is 12.0. The van der Waals surface area contributed by atoms with E-state index in [1.54, 1.807) is 12.1 Å². The molecule has 0 saturated heterocycles. The molecule has 1 aliphatic heterocycles. The molecule has 2 heterocycles. The van der Waals surface area contributed by atoms with E-state index in [1.807, 2.05) is 12.1 Å². The molecular weight excluding hydrogens is 311 g/mol. The van der Waals surface area contributed by atoms with E-state index in [4.69, 9.17) is 0 Å². The van der Waals surface area contributed by atoms with Gasteiger partial charge in [0.15, 0.2) is 0 Å². The molecule has 19 heavy (non-hydrogen) atoms. The number of aromatic nitrogens is 1. The van der Waals surface area contributed by atoms with Crippen molar-refractivity contribution in [3.63, 3.8) is 0 Å². The number of fused-ring (bicyclic) bond motifs is 1. The molecular formula is C12H8N4O2Se. The third-order valence-corrected chi connectivity index (χ3v) is 3.69. The Morgan fingerprint density at radius 1 is 1.16 bits per heavy atom. The molecule has 7 heteroatoms. The Morgan fingerprint density at radius 2 is 2.00 bits per heavy atom. The van der Waals surface area contributed by atoms with Crippen LogP contribution in [0.4, 0.5) is 17.1 Å². The summed E-state index contributed by atoms with van der Waals surface area (Å²) >= 11 is -0.149. The van der Waals surface area contributed by atoms with E-state index in [1.165, 1.54) is 12.1 Å². The van der Waals surface area contributed by atoms with Gasteiger partial charge in [0.05, 0.1) is 0 Å². The number of rotatable bonds is 2. The zero-order valence-electron chi connectivity index (χ0n) is 9.58. The Kier molecular flexibility index (Phi) is 2.98.